The molecule has 4 rings (SSSR count). The van der Waals surface area contributed by atoms with Crippen LogP contribution in [0.3, 0.4) is 0 Å². The summed E-state index contributed by atoms with van der Waals surface area (Å²) in [4.78, 5) is 17.1. The average molecular weight is 420 g/mol. The Morgan fingerprint density at radius 1 is 1.00 bits per heavy atom. The van der Waals surface area contributed by atoms with E-state index in [1.807, 2.05) is 60.7 Å². The number of hydrogen-bond donors (Lipinski definition) is 0. The van der Waals surface area contributed by atoms with Crippen molar-refractivity contribution in [1.82, 2.24) is 0 Å². The Balaban J connectivity index is 1.58. The van der Waals surface area contributed by atoms with Crippen molar-refractivity contribution < 1.29 is 19.1 Å². The molecule has 5 nitrogen and oxygen atoms in total. The van der Waals surface area contributed by atoms with Gasteiger partial charge in [-0.05, 0) is 29.8 Å². The molecule has 0 radical (unpaired) electrons. The maximum atomic E-state index is 12.2. The monoisotopic (exact) mass is 419 g/mol. The predicted octanol–water partition coefficient (Wildman–Crippen LogP) is 5.27. The lowest BCUT2D eigenvalue weighted by Gasteiger charge is -2.12. The van der Waals surface area contributed by atoms with Crippen LogP contribution in [0.1, 0.15) is 16.7 Å². The molecule has 0 aromatic heterocycles. The second kappa shape index (κ2) is 8.84. The summed E-state index contributed by atoms with van der Waals surface area (Å²) in [5.41, 5.74) is 3.33. The van der Waals surface area contributed by atoms with E-state index >= 15 is 0 Å². The third kappa shape index (κ3) is 4.21. The minimum Gasteiger partial charge on any atom is -0.493 e. The zero-order valence-electron chi connectivity index (χ0n) is 16.2. The van der Waals surface area contributed by atoms with Crippen molar-refractivity contribution in [3.8, 4) is 11.5 Å². The number of oxime groups is 1. The highest BCUT2D eigenvalue weighted by atomic mass is 35.5. The fraction of sp³-hybridized carbons (Fsp3) is 0.0833. The van der Waals surface area contributed by atoms with E-state index < -0.39 is 5.97 Å². The highest BCUT2D eigenvalue weighted by Gasteiger charge is 2.26. The van der Waals surface area contributed by atoms with E-state index in [0.717, 1.165) is 16.7 Å². The first-order valence-electron chi connectivity index (χ1n) is 9.27. The molecule has 0 N–H and O–H groups in total. The number of rotatable bonds is 6. The maximum absolute atomic E-state index is 12.2. The van der Waals surface area contributed by atoms with Crippen LogP contribution in [0.15, 0.2) is 83.5 Å². The molecule has 0 atom stereocenters. The van der Waals surface area contributed by atoms with Gasteiger partial charge < -0.3 is 14.3 Å². The van der Waals surface area contributed by atoms with E-state index in [1.54, 1.807) is 25.3 Å². The molecule has 1 heterocycles. The smallest absolute Gasteiger partial charge is 0.368 e. The van der Waals surface area contributed by atoms with Crippen LogP contribution in [-0.4, -0.2) is 18.8 Å². The summed E-state index contributed by atoms with van der Waals surface area (Å²) in [6, 6.07) is 22.3. The second-order valence-electron chi connectivity index (χ2n) is 6.53. The van der Waals surface area contributed by atoms with Crippen LogP contribution >= 0.6 is 11.6 Å². The molecule has 0 spiro atoms. The molecule has 0 saturated carbocycles. The Bertz CT molecular complexity index is 1140. The van der Waals surface area contributed by atoms with Crippen LogP contribution in [0.25, 0.3) is 6.08 Å². The Hall–Kier alpha value is -3.57. The molecule has 30 heavy (non-hydrogen) atoms. The third-order valence-corrected chi connectivity index (χ3v) is 4.95. The number of carbonyl (C=O) groups is 1. The summed E-state index contributed by atoms with van der Waals surface area (Å²) in [5.74, 6) is 0.623. The van der Waals surface area contributed by atoms with Crippen LogP contribution in [0.4, 0.5) is 0 Å². The minimum absolute atomic E-state index is 0.313. The Kier molecular flexibility index (Phi) is 5.82. The van der Waals surface area contributed by atoms with Crippen molar-refractivity contribution in [2.24, 2.45) is 5.16 Å². The van der Waals surface area contributed by atoms with Gasteiger partial charge in [-0.25, -0.2) is 4.79 Å². The summed E-state index contributed by atoms with van der Waals surface area (Å²) in [6.45, 7) is 0.313. The molecule has 0 unspecified atom stereocenters. The lowest BCUT2D eigenvalue weighted by atomic mass is 10.0. The van der Waals surface area contributed by atoms with Gasteiger partial charge in [0.1, 0.15) is 12.3 Å². The van der Waals surface area contributed by atoms with E-state index in [2.05, 4.69) is 5.16 Å². The molecule has 3 aromatic rings. The number of benzene rings is 3. The van der Waals surface area contributed by atoms with E-state index in [-0.39, 0.29) is 0 Å². The summed E-state index contributed by atoms with van der Waals surface area (Å²) in [6.07, 6.45) is 1.72. The van der Waals surface area contributed by atoms with Crippen LogP contribution in [0.2, 0.25) is 5.02 Å². The topological polar surface area (TPSA) is 57.1 Å². The zero-order valence-corrected chi connectivity index (χ0v) is 16.9. The molecule has 3 aromatic carbocycles. The number of ether oxygens (including phenoxy) is 2. The standard InChI is InChI=1S/C24H18ClNO4/c1-28-22-14-16(11-12-21(22)29-15-18-9-5-6-10-20(18)25)13-19-23(26-30-24(19)27)17-7-3-2-4-8-17/h2-14H,15H2,1H3/b19-13+. The van der Waals surface area contributed by atoms with Crippen LogP contribution in [-0.2, 0) is 16.2 Å². The second-order valence-corrected chi connectivity index (χ2v) is 6.94. The fourth-order valence-corrected chi connectivity index (χ4v) is 3.23. The van der Waals surface area contributed by atoms with Gasteiger partial charge in [-0.2, -0.15) is 0 Å². The number of hydrogen-bond acceptors (Lipinski definition) is 5. The van der Waals surface area contributed by atoms with E-state index in [0.29, 0.717) is 34.4 Å². The van der Waals surface area contributed by atoms with Gasteiger partial charge >= 0.3 is 5.97 Å². The van der Waals surface area contributed by atoms with Crippen molar-refractivity contribution in [2.45, 2.75) is 6.61 Å². The van der Waals surface area contributed by atoms with Gasteiger partial charge in [-0.1, -0.05) is 71.4 Å². The van der Waals surface area contributed by atoms with Gasteiger partial charge in [0.25, 0.3) is 0 Å². The number of carbonyl (C=O) groups excluding carboxylic acids is 1. The molecule has 0 aliphatic carbocycles. The number of methoxy groups -OCH3 is 1. The maximum Gasteiger partial charge on any atom is 0.368 e. The Morgan fingerprint density at radius 3 is 2.53 bits per heavy atom. The number of nitrogens with zero attached hydrogens (tertiary/aromatic N) is 1. The van der Waals surface area contributed by atoms with Crippen LogP contribution < -0.4 is 9.47 Å². The zero-order chi connectivity index (χ0) is 20.9. The first-order chi connectivity index (χ1) is 14.7. The molecule has 1 aliphatic rings. The van der Waals surface area contributed by atoms with Crippen LogP contribution in [0.5, 0.6) is 11.5 Å². The summed E-state index contributed by atoms with van der Waals surface area (Å²) in [5, 5.41) is 4.57. The predicted molar refractivity (Wildman–Crippen MR) is 116 cm³/mol. The van der Waals surface area contributed by atoms with E-state index in [4.69, 9.17) is 25.9 Å². The molecule has 0 saturated heterocycles. The molecule has 6 heteroatoms. The van der Waals surface area contributed by atoms with Gasteiger partial charge in [0.15, 0.2) is 11.5 Å². The van der Waals surface area contributed by atoms with Gasteiger partial charge in [-0.3, -0.25) is 0 Å². The SMILES string of the molecule is COc1cc(/C=C2/C(=O)ON=C2c2ccccc2)ccc1OCc1ccccc1Cl. The van der Waals surface area contributed by atoms with Crippen molar-refractivity contribution >= 4 is 29.4 Å². The van der Waals surface area contributed by atoms with Gasteiger partial charge in [-0.15, -0.1) is 0 Å². The minimum atomic E-state index is -0.494. The number of halogens is 1. The fourth-order valence-electron chi connectivity index (χ4n) is 3.04. The third-order valence-electron chi connectivity index (χ3n) is 4.58. The van der Waals surface area contributed by atoms with Gasteiger partial charge in [0.05, 0.1) is 12.7 Å². The normalized spacial score (nSPS) is 14.4. The first kappa shape index (κ1) is 19.7. The molecule has 150 valence electrons. The lowest BCUT2D eigenvalue weighted by molar-refractivity contribution is -0.136. The molecule has 0 amide bonds. The van der Waals surface area contributed by atoms with E-state index in [1.165, 1.54) is 0 Å². The van der Waals surface area contributed by atoms with Crippen LogP contribution in [0, 0.1) is 0 Å². The summed E-state index contributed by atoms with van der Waals surface area (Å²) in [7, 11) is 1.56. The van der Waals surface area contributed by atoms with Gasteiger partial charge in [0, 0.05) is 16.1 Å². The molecular weight excluding hydrogens is 402 g/mol. The Labute approximate surface area is 179 Å². The largest absolute Gasteiger partial charge is 0.493 e. The first-order valence-corrected chi connectivity index (χ1v) is 9.64. The quantitative estimate of drug-likeness (QED) is 0.403. The van der Waals surface area contributed by atoms with Crippen molar-refractivity contribution in [2.75, 3.05) is 7.11 Å². The van der Waals surface area contributed by atoms with Crippen molar-refractivity contribution in [3.63, 3.8) is 0 Å². The average Bonchev–Trinajstić information content (AvgIpc) is 3.14. The molecule has 1 aliphatic heterocycles. The highest BCUT2D eigenvalue weighted by molar-refractivity contribution is 6.31. The summed E-state index contributed by atoms with van der Waals surface area (Å²) < 4.78 is 11.4. The van der Waals surface area contributed by atoms with Crippen molar-refractivity contribution in [3.05, 3.63) is 100 Å². The molecular formula is C24H18ClNO4. The lowest BCUT2D eigenvalue weighted by Crippen LogP contribution is -2.06. The molecule has 0 bridgehead atoms. The highest BCUT2D eigenvalue weighted by Crippen LogP contribution is 2.31. The molecule has 0 fully saturated rings. The summed E-state index contributed by atoms with van der Waals surface area (Å²) >= 11 is 6.19. The Morgan fingerprint density at radius 2 is 1.77 bits per heavy atom. The van der Waals surface area contributed by atoms with E-state index in [9.17, 15) is 4.79 Å². The van der Waals surface area contributed by atoms with Crippen molar-refractivity contribution in [1.29, 1.82) is 0 Å². The van der Waals surface area contributed by atoms with Gasteiger partial charge in [0.2, 0.25) is 0 Å².